The Balaban J connectivity index is 2.90. The van der Waals surface area contributed by atoms with Gasteiger partial charge in [-0.3, -0.25) is 10.1 Å². The molecule has 0 unspecified atom stereocenters. The second-order valence-corrected chi connectivity index (χ2v) is 1.93. The average Bonchev–Trinajstić information content (AvgIpc) is 2.37. The van der Waals surface area contributed by atoms with Gasteiger partial charge in [0.15, 0.2) is 0 Å². The van der Waals surface area contributed by atoms with Crippen molar-refractivity contribution in [2.75, 3.05) is 0 Å². The zero-order valence-corrected chi connectivity index (χ0v) is 5.98. The van der Waals surface area contributed by atoms with E-state index in [-0.39, 0.29) is 5.88 Å². The fraction of sp³-hybridized carbons (Fsp3) is 0.143. The van der Waals surface area contributed by atoms with Crippen molar-refractivity contribution in [1.29, 1.82) is 0 Å². The van der Waals surface area contributed by atoms with E-state index in [1.807, 2.05) is 6.92 Å². The van der Waals surface area contributed by atoms with Gasteiger partial charge in [0.1, 0.15) is 10.7 Å². The summed E-state index contributed by atoms with van der Waals surface area (Å²) >= 11 is 0. The van der Waals surface area contributed by atoms with E-state index in [1.54, 1.807) is 18.2 Å². The number of hydrogen-bond donors (Lipinski definition) is 0. The number of nitro groups is 1. The van der Waals surface area contributed by atoms with Gasteiger partial charge in [0, 0.05) is 0 Å². The highest BCUT2D eigenvalue weighted by molar-refractivity contribution is 5.43. The van der Waals surface area contributed by atoms with Gasteiger partial charge in [0.25, 0.3) is 0 Å². The van der Waals surface area contributed by atoms with Gasteiger partial charge >= 0.3 is 5.88 Å². The van der Waals surface area contributed by atoms with Gasteiger partial charge in [-0.2, -0.15) is 0 Å². The molecule has 4 nitrogen and oxygen atoms in total. The molecule has 0 aliphatic carbocycles. The van der Waals surface area contributed by atoms with E-state index >= 15 is 0 Å². The van der Waals surface area contributed by atoms with Crippen molar-refractivity contribution in [1.82, 2.24) is 0 Å². The van der Waals surface area contributed by atoms with E-state index < -0.39 is 4.92 Å². The lowest BCUT2D eigenvalue weighted by atomic mass is 10.4. The molecule has 11 heavy (non-hydrogen) atoms. The first kappa shape index (κ1) is 7.53. The molecule has 58 valence electrons. The second kappa shape index (κ2) is 3.01. The number of hydrogen-bond acceptors (Lipinski definition) is 3. The van der Waals surface area contributed by atoms with Gasteiger partial charge in [0.2, 0.25) is 0 Å². The van der Waals surface area contributed by atoms with Crippen LogP contribution in [0.1, 0.15) is 12.7 Å². The van der Waals surface area contributed by atoms with Crippen LogP contribution in [0.4, 0.5) is 5.88 Å². The van der Waals surface area contributed by atoms with Crippen LogP contribution < -0.4 is 0 Å². The Labute approximate surface area is 63.3 Å². The Morgan fingerprint density at radius 2 is 2.36 bits per heavy atom. The van der Waals surface area contributed by atoms with Gasteiger partial charge in [-0.1, -0.05) is 6.08 Å². The highest BCUT2D eigenvalue weighted by Gasteiger charge is 2.09. The van der Waals surface area contributed by atoms with E-state index in [4.69, 9.17) is 4.42 Å². The van der Waals surface area contributed by atoms with Crippen molar-refractivity contribution in [2.45, 2.75) is 6.92 Å². The summed E-state index contributed by atoms with van der Waals surface area (Å²) in [6.07, 6.45) is 3.41. The minimum Gasteiger partial charge on any atom is -0.401 e. The zero-order valence-electron chi connectivity index (χ0n) is 5.98. The quantitative estimate of drug-likeness (QED) is 0.483. The van der Waals surface area contributed by atoms with Crippen LogP contribution in [0.5, 0.6) is 0 Å². The molecule has 0 aliphatic rings. The maximum atomic E-state index is 10.1. The Morgan fingerprint density at radius 3 is 2.82 bits per heavy atom. The molecule has 1 aromatic heterocycles. The van der Waals surface area contributed by atoms with Crippen LogP contribution >= 0.6 is 0 Å². The molecular weight excluding hydrogens is 146 g/mol. The number of nitrogens with zero attached hydrogens (tertiary/aromatic N) is 1. The summed E-state index contributed by atoms with van der Waals surface area (Å²) in [7, 11) is 0. The molecule has 0 N–H and O–H groups in total. The Bertz CT molecular complexity index is 288. The molecule has 1 rings (SSSR count). The summed E-state index contributed by atoms with van der Waals surface area (Å²) in [5, 5.41) is 10.1. The van der Waals surface area contributed by atoms with Crippen LogP contribution in [-0.2, 0) is 0 Å². The van der Waals surface area contributed by atoms with Crippen molar-refractivity contribution in [3.8, 4) is 0 Å². The topological polar surface area (TPSA) is 56.3 Å². The SMILES string of the molecule is CC=Cc1ccc([N+](=O)[O-])o1. The van der Waals surface area contributed by atoms with Crippen LogP contribution in [0.3, 0.4) is 0 Å². The lowest BCUT2D eigenvalue weighted by Gasteiger charge is -1.81. The molecule has 0 radical (unpaired) electrons. The molecule has 4 heteroatoms. The predicted molar refractivity (Wildman–Crippen MR) is 40.1 cm³/mol. The maximum absolute atomic E-state index is 10.1. The smallest absolute Gasteiger partial charge is 0.401 e. The van der Waals surface area contributed by atoms with Gasteiger partial charge < -0.3 is 4.42 Å². The Kier molecular flexibility index (Phi) is 2.06. The fourth-order valence-corrected chi connectivity index (χ4v) is 0.694. The number of allylic oxidation sites excluding steroid dienone is 1. The van der Waals surface area contributed by atoms with E-state index in [0.29, 0.717) is 5.76 Å². The Hall–Kier alpha value is -1.58. The molecule has 0 saturated carbocycles. The van der Waals surface area contributed by atoms with Gasteiger partial charge in [-0.25, -0.2) is 0 Å². The molecule has 0 fully saturated rings. The lowest BCUT2D eigenvalue weighted by Crippen LogP contribution is -1.82. The fourth-order valence-electron chi connectivity index (χ4n) is 0.694. The molecule has 0 saturated heterocycles. The van der Waals surface area contributed by atoms with E-state index in [0.717, 1.165) is 0 Å². The third-order valence-electron chi connectivity index (χ3n) is 1.12. The summed E-state index contributed by atoms with van der Waals surface area (Å²) in [6, 6.07) is 2.88. The first-order valence-corrected chi connectivity index (χ1v) is 3.11. The predicted octanol–water partition coefficient (Wildman–Crippen LogP) is 2.22. The van der Waals surface area contributed by atoms with Crippen LogP contribution in [0, 0.1) is 10.1 Å². The highest BCUT2D eigenvalue weighted by atomic mass is 16.6. The minimum atomic E-state index is -0.562. The van der Waals surface area contributed by atoms with Crippen LogP contribution in [0.2, 0.25) is 0 Å². The lowest BCUT2D eigenvalue weighted by molar-refractivity contribution is -0.402. The van der Waals surface area contributed by atoms with Gasteiger partial charge in [-0.15, -0.1) is 0 Å². The molecule has 1 aromatic rings. The molecule has 0 spiro atoms. The van der Waals surface area contributed by atoms with Crippen molar-refractivity contribution < 1.29 is 9.34 Å². The van der Waals surface area contributed by atoms with Crippen molar-refractivity contribution in [3.05, 3.63) is 34.1 Å². The van der Waals surface area contributed by atoms with Gasteiger partial charge in [-0.05, 0) is 19.1 Å². The molecule has 0 aliphatic heterocycles. The Morgan fingerprint density at radius 1 is 1.64 bits per heavy atom. The third kappa shape index (κ3) is 1.67. The zero-order chi connectivity index (χ0) is 8.27. The third-order valence-corrected chi connectivity index (χ3v) is 1.12. The summed E-state index contributed by atoms with van der Waals surface area (Å²) in [6.45, 7) is 1.81. The van der Waals surface area contributed by atoms with Crippen molar-refractivity contribution in [2.24, 2.45) is 0 Å². The first-order valence-electron chi connectivity index (χ1n) is 3.11. The molecule has 0 bridgehead atoms. The van der Waals surface area contributed by atoms with Crippen LogP contribution in [0.25, 0.3) is 6.08 Å². The van der Waals surface area contributed by atoms with Crippen molar-refractivity contribution in [3.63, 3.8) is 0 Å². The highest BCUT2D eigenvalue weighted by Crippen LogP contribution is 2.16. The minimum absolute atomic E-state index is 0.224. The standard InChI is InChI=1S/C7H7NO3/c1-2-3-6-4-5-7(11-6)8(9)10/h2-5H,1H3. The maximum Gasteiger partial charge on any atom is 0.433 e. The normalized spacial score (nSPS) is 10.6. The van der Waals surface area contributed by atoms with E-state index in [9.17, 15) is 10.1 Å². The molecule has 0 atom stereocenters. The van der Waals surface area contributed by atoms with E-state index in [2.05, 4.69) is 0 Å². The largest absolute Gasteiger partial charge is 0.433 e. The summed E-state index contributed by atoms with van der Waals surface area (Å²) in [5.74, 6) is 0.275. The van der Waals surface area contributed by atoms with Gasteiger partial charge in [0.05, 0.1) is 6.07 Å². The monoisotopic (exact) mass is 153 g/mol. The first-order chi connectivity index (χ1) is 5.24. The summed E-state index contributed by atoms with van der Waals surface area (Å²) < 4.78 is 4.80. The average molecular weight is 153 g/mol. The number of furan rings is 1. The number of rotatable bonds is 2. The second-order valence-electron chi connectivity index (χ2n) is 1.93. The van der Waals surface area contributed by atoms with Crippen LogP contribution in [0.15, 0.2) is 22.6 Å². The molecule has 0 aromatic carbocycles. The summed E-state index contributed by atoms with van der Waals surface area (Å²) in [5.41, 5.74) is 0. The summed E-state index contributed by atoms with van der Waals surface area (Å²) in [4.78, 5) is 9.54. The van der Waals surface area contributed by atoms with E-state index in [1.165, 1.54) is 6.07 Å². The molecular formula is C7H7NO3. The molecule has 0 amide bonds. The van der Waals surface area contributed by atoms with Crippen molar-refractivity contribution >= 4 is 12.0 Å². The van der Waals surface area contributed by atoms with Crippen LogP contribution in [-0.4, -0.2) is 4.92 Å². The molecule has 1 heterocycles.